The van der Waals surface area contributed by atoms with Crippen LogP contribution in [0.1, 0.15) is 17.1 Å². The molecule has 1 aromatic carbocycles. The number of amides is 1. The molecule has 0 saturated carbocycles. The van der Waals surface area contributed by atoms with Gasteiger partial charge in [0.05, 0.1) is 11.4 Å². The third-order valence-corrected chi connectivity index (χ3v) is 4.48. The number of thiazole rings is 1. The van der Waals surface area contributed by atoms with Crippen LogP contribution >= 0.6 is 11.3 Å². The maximum Gasteiger partial charge on any atom is 0.257 e. The molecule has 0 aliphatic heterocycles. The largest absolute Gasteiger partial charge is 0.484 e. The van der Waals surface area contributed by atoms with E-state index in [9.17, 15) is 9.18 Å². The summed E-state index contributed by atoms with van der Waals surface area (Å²) in [6.07, 6.45) is 0.623. The molecule has 0 unspecified atom stereocenters. The lowest BCUT2D eigenvalue weighted by atomic mass is 10.3. The number of rotatable bonds is 7. The quantitative estimate of drug-likeness (QED) is 0.690. The molecule has 3 aromatic rings. The van der Waals surface area contributed by atoms with E-state index in [1.165, 1.54) is 35.6 Å². The second kappa shape index (κ2) is 8.09. The van der Waals surface area contributed by atoms with E-state index in [0.717, 1.165) is 22.2 Å². The summed E-state index contributed by atoms with van der Waals surface area (Å²) in [4.78, 5) is 16.4. The van der Waals surface area contributed by atoms with Gasteiger partial charge in [0.15, 0.2) is 6.61 Å². The van der Waals surface area contributed by atoms with Crippen LogP contribution in [0, 0.1) is 19.7 Å². The van der Waals surface area contributed by atoms with Crippen LogP contribution in [0.5, 0.6) is 5.75 Å². The first-order valence-corrected chi connectivity index (χ1v) is 9.02. The van der Waals surface area contributed by atoms with Crippen LogP contribution in [-0.2, 0) is 11.2 Å². The third kappa shape index (κ3) is 4.66. The minimum Gasteiger partial charge on any atom is -0.484 e. The molecule has 0 bridgehead atoms. The number of benzene rings is 1. The molecule has 3 rings (SSSR count). The first kappa shape index (κ1) is 18.1. The molecule has 0 aliphatic carbocycles. The molecule has 2 heterocycles. The topological polar surface area (TPSA) is 69.0 Å². The number of ether oxygens (including phenoxy) is 1. The Bertz CT molecular complexity index is 889. The number of nitrogens with one attached hydrogen (secondary N) is 1. The average molecular weight is 374 g/mol. The number of halogens is 1. The van der Waals surface area contributed by atoms with E-state index in [1.54, 1.807) is 0 Å². The highest BCUT2D eigenvalue weighted by atomic mass is 32.1. The summed E-state index contributed by atoms with van der Waals surface area (Å²) >= 11 is 1.52. The molecule has 0 spiro atoms. The van der Waals surface area contributed by atoms with Crippen molar-refractivity contribution in [2.45, 2.75) is 20.3 Å². The predicted molar refractivity (Wildman–Crippen MR) is 97.3 cm³/mol. The lowest BCUT2D eigenvalue weighted by Gasteiger charge is -2.06. The molecule has 0 atom stereocenters. The van der Waals surface area contributed by atoms with Gasteiger partial charge < -0.3 is 10.1 Å². The summed E-state index contributed by atoms with van der Waals surface area (Å²) < 4.78 is 19.9. The van der Waals surface area contributed by atoms with Gasteiger partial charge in [-0.2, -0.15) is 5.10 Å². The Hall–Kier alpha value is -2.74. The summed E-state index contributed by atoms with van der Waals surface area (Å²) in [5.74, 6) is -0.121. The molecule has 0 radical (unpaired) electrons. The van der Waals surface area contributed by atoms with Crippen molar-refractivity contribution in [3.63, 3.8) is 0 Å². The number of nitrogens with zero attached hydrogens (tertiary/aromatic N) is 3. The van der Waals surface area contributed by atoms with E-state index in [2.05, 4.69) is 15.4 Å². The van der Waals surface area contributed by atoms with Crippen LogP contribution in [-0.4, -0.2) is 33.8 Å². The van der Waals surface area contributed by atoms with Crippen LogP contribution in [0.3, 0.4) is 0 Å². The first-order valence-electron chi connectivity index (χ1n) is 8.14. The fourth-order valence-electron chi connectivity index (χ4n) is 2.39. The third-order valence-electron chi connectivity index (χ3n) is 3.62. The van der Waals surface area contributed by atoms with Crippen LogP contribution in [0.25, 0.3) is 5.13 Å². The van der Waals surface area contributed by atoms with Gasteiger partial charge in [0.2, 0.25) is 5.13 Å². The normalized spacial score (nSPS) is 10.7. The van der Waals surface area contributed by atoms with Crippen LogP contribution in [0.2, 0.25) is 0 Å². The van der Waals surface area contributed by atoms with E-state index in [4.69, 9.17) is 4.74 Å². The zero-order valence-corrected chi connectivity index (χ0v) is 15.3. The molecule has 0 fully saturated rings. The van der Waals surface area contributed by atoms with E-state index in [-0.39, 0.29) is 18.3 Å². The number of aromatic nitrogens is 3. The maximum atomic E-state index is 12.8. The lowest BCUT2D eigenvalue weighted by molar-refractivity contribution is -0.123. The van der Waals surface area contributed by atoms with Crippen molar-refractivity contribution < 1.29 is 13.9 Å². The first-order chi connectivity index (χ1) is 12.5. The molecule has 0 aliphatic rings. The Morgan fingerprint density at radius 2 is 2.08 bits per heavy atom. The second-order valence-electron chi connectivity index (χ2n) is 5.80. The zero-order valence-electron chi connectivity index (χ0n) is 14.5. The maximum absolute atomic E-state index is 12.8. The highest BCUT2D eigenvalue weighted by Gasteiger charge is 2.09. The van der Waals surface area contributed by atoms with Gasteiger partial charge in [-0.3, -0.25) is 4.79 Å². The Morgan fingerprint density at radius 1 is 1.31 bits per heavy atom. The van der Waals surface area contributed by atoms with Crippen molar-refractivity contribution in [3.8, 4) is 10.9 Å². The average Bonchev–Trinajstić information content (AvgIpc) is 3.20. The molecule has 1 amide bonds. The van der Waals surface area contributed by atoms with Gasteiger partial charge in [-0.05, 0) is 44.2 Å². The number of hydrogen-bond acceptors (Lipinski definition) is 5. The Labute approximate surface area is 154 Å². The van der Waals surface area contributed by atoms with Crippen molar-refractivity contribution in [1.82, 2.24) is 20.1 Å². The minimum absolute atomic E-state index is 0.111. The predicted octanol–water partition coefficient (Wildman–Crippen LogP) is 2.82. The van der Waals surface area contributed by atoms with E-state index in [0.29, 0.717) is 18.7 Å². The second-order valence-corrected chi connectivity index (χ2v) is 6.64. The highest BCUT2D eigenvalue weighted by molar-refractivity contribution is 7.12. The number of aryl methyl sites for hydroxylation is 2. The van der Waals surface area contributed by atoms with E-state index < -0.39 is 0 Å². The molecule has 2 aromatic heterocycles. The van der Waals surface area contributed by atoms with Crippen molar-refractivity contribution in [2.75, 3.05) is 13.2 Å². The number of carbonyl (C=O) groups excluding carboxylic acids is 1. The smallest absolute Gasteiger partial charge is 0.257 e. The zero-order chi connectivity index (χ0) is 18.5. The minimum atomic E-state index is -0.343. The fourth-order valence-corrected chi connectivity index (χ4v) is 3.26. The Morgan fingerprint density at radius 3 is 2.77 bits per heavy atom. The van der Waals surface area contributed by atoms with Gasteiger partial charge in [-0.1, -0.05) is 0 Å². The van der Waals surface area contributed by atoms with Crippen molar-refractivity contribution >= 4 is 17.2 Å². The van der Waals surface area contributed by atoms with Crippen molar-refractivity contribution in [1.29, 1.82) is 0 Å². The van der Waals surface area contributed by atoms with Crippen LogP contribution in [0.4, 0.5) is 4.39 Å². The number of hydrogen-bond donors (Lipinski definition) is 1. The van der Waals surface area contributed by atoms with Gasteiger partial charge in [-0.25, -0.2) is 14.1 Å². The summed E-state index contributed by atoms with van der Waals surface area (Å²) in [6.45, 7) is 4.29. The van der Waals surface area contributed by atoms with E-state index >= 15 is 0 Å². The van der Waals surface area contributed by atoms with Crippen LogP contribution < -0.4 is 10.1 Å². The fraction of sp³-hybridized carbons (Fsp3) is 0.278. The molecule has 6 nitrogen and oxygen atoms in total. The van der Waals surface area contributed by atoms with Gasteiger partial charge in [-0.15, -0.1) is 11.3 Å². The molecule has 26 heavy (non-hydrogen) atoms. The molecular weight excluding hydrogens is 355 g/mol. The molecule has 136 valence electrons. The molecule has 1 N–H and O–H groups in total. The monoisotopic (exact) mass is 374 g/mol. The summed E-state index contributed by atoms with van der Waals surface area (Å²) in [5.41, 5.74) is 2.89. The van der Waals surface area contributed by atoms with Crippen LogP contribution in [0.15, 0.2) is 35.7 Å². The molecule has 8 heteroatoms. The van der Waals surface area contributed by atoms with E-state index in [1.807, 2.05) is 30.0 Å². The highest BCUT2D eigenvalue weighted by Crippen LogP contribution is 2.17. The van der Waals surface area contributed by atoms with Gasteiger partial charge >= 0.3 is 0 Å². The molecule has 0 saturated heterocycles. The van der Waals surface area contributed by atoms with Gasteiger partial charge in [0.25, 0.3) is 5.91 Å². The van der Waals surface area contributed by atoms with Crippen molar-refractivity contribution in [3.05, 3.63) is 58.6 Å². The lowest BCUT2D eigenvalue weighted by Crippen LogP contribution is -2.30. The van der Waals surface area contributed by atoms with Crippen molar-refractivity contribution in [2.24, 2.45) is 0 Å². The molecular formula is C18H19FN4O2S. The summed E-state index contributed by atoms with van der Waals surface area (Å²) in [7, 11) is 0. The Balaban J connectivity index is 1.44. The standard InChI is InChI=1S/C18H19FN4O2S/c1-12-9-13(2)23(22-12)18-21-15(11-26-18)7-8-20-17(24)10-25-16-5-3-14(19)4-6-16/h3-6,9,11H,7-8,10H2,1-2H3,(H,20,24). The summed E-state index contributed by atoms with van der Waals surface area (Å²) in [5, 5.41) is 9.98. The Kier molecular flexibility index (Phi) is 5.62. The SMILES string of the molecule is Cc1cc(C)n(-c2nc(CCNC(=O)COc3ccc(F)cc3)cs2)n1. The summed E-state index contributed by atoms with van der Waals surface area (Å²) in [6, 6.07) is 7.55. The van der Waals surface area contributed by atoms with Gasteiger partial charge in [0.1, 0.15) is 11.6 Å². The number of carbonyl (C=O) groups is 1. The van der Waals surface area contributed by atoms with Gasteiger partial charge in [0, 0.05) is 24.0 Å².